The Hall–Kier alpha value is -1.10. The number of hydrogen-bond donors (Lipinski definition) is 2. The van der Waals surface area contributed by atoms with E-state index >= 15 is 0 Å². The van der Waals surface area contributed by atoms with Crippen LogP contribution in [0.25, 0.3) is 0 Å². The third kappa shape index (κ3) is 4.78. The molecule has 86 valence electrons. The van der Waals surface area contributed by atoms with Gasteiger partial charge < -0.3 is 15.7 Å². The van der Waals surface area contributed by atoms with Crippen LogP contribution >= 0.6 is 0 Å². The number of carbonyl (C=O) groups is 2. The number of carbonyl (C=O) groups excluding carboxylic acids is 1. The fourth-order valence-corrected chi connectivity index (χ4v) is 1.95. The summed E-state index contributed by atoms with van der Waals surface area (Å²) in [7, 11) is 0. The number of nitrogens with zero attached hydrogens (tertiary/aromatic N) is 1. The number of piperidine rings is 1. The van der Waals surface area contributed by atoms with Crippen LogP contribution in [0, 0.1) is 5.92 Å². The molecule has 1 rings (SSSR count). The van der Waals surface area contributed by atoms with Crippen molar-refractivity contribution in [3.05, 3.63) is 0 Å². The predicted molar refractivity (Wildman–Crippen MR) is 55.2 cm³/mol. The van der Waals surface area contributed by atoms with Crippen molar-refractivity contribution in [1.29, 1.82) is 0 Å². The largest absolute Gasteiger partial charge is 0.481 e. The molecule has 0 aromatic heterocycles. The second-order valence-corrected chi connectivity index (χ2v) is 4.10. The van der Waals surface area contributed by atoms with E-state index < -0.39 is 5.97 Å². The third-order valence-corrected chi connectivity index (χ3v) is 2.84. The van der Waals surface area contributed by atoms with Crippen molar-refractivity contribution in [3.63, 3.8) is 0 Å². The second-order valence-electron chi connectivity index (χ2n) is 4.10. The predicted octanol–water partition coefficient (Wildman–Crippen LogP) is 0.0485. The van der Waals surface area contributed by atoms with Gasteiger partial charge in [0.15, 0.2) is 0 Å². The molecule has 0 aliphatic carbocycles. The van der Waals surface area contributed by atoms with Gasteiger partial charge in [0.1, 0.15) is 0 Å². The summed E-state index contributed by atoms with van der Waals surface area (Å²) in [5.41, 5.74) is 5.13. The van der Waals surface area contributed by atoms with E-state index in [-0.39, 0.29) is 12.3 Å². The highest BCUT2D eigenvalue weighted by molar-refractivity contribution is 5.74. The van der Waals surface area contributed by atoms with E-state index in [0.29, 0.717) is 18.9 Å². The van der Waals surface area contributed by atoms with Crippen LogP contribution in [0.3, 0.4) is 0 Å². The quantitative estimate of drug-likeness (QED) is 0.677. The van der Waals surface area contributed by atoms with Crippen molar-refractivity contribution in [3.8, 4) is 0 Å². The lowest BCUT2D eigenvalue weighted by Crippen LogP contribution is -2.36. The number of aliphatic carboxylic acids is 1. The van der Waals surface area contributed by atoms with Gasteiger partial charge in [0.2, 0.25) is 5.91 Å². The zero-order chi connectivity index (χ0) is 11.3. The maximum Gasteiger partial charge on any atom is 0.304 e. The fourth-order valence-electron chi connectivity index (χ4n) is 1.95. The van der Waals surface area contributed by atoms with Gasteiger partial charge >= 0.3 is 5.97 Å². The van der Waals surface area contributed by atoms with E-state index in [2.05, 4.69) is 4.90 Å². The van der Waals surface area contributed by atoms with Crippen LogP contribution in [0.2, 0.25) is 0 Å². The molecule has 1 heterocycles. The van der Waals surface area contributed by atoms with Crippen molar-refractivity contribution in [2.45, 2.75) is 25.7 Å². The molecule has 1 aliphatic heterocycles. The summed E-state index contributed by atoms with van der Waals surface area (Å²) in [6.07, 6.45) is 2.55. The number of rotatable bonds is 5. The lowest BCUT2D eigenvalue weighted by atomic mass is 9.93. The first kappa shape index (κ1) is 12.0. The summed E-state index contributed by atoms with van der Waals surface area (Å²) in [6.45, 7) is 2.37. The molecule has 15 heavy (non-hydrogen) atoms. The summed E-state index contributed by atoms with van der Waals surface area (Å²) in [5.74, 6) is -0.600. The van der Waals surface area contributed by atoms with Crippen LogP contribution in [-0.4, -0.2) is 41.5 Å². The van der Waals surface area contributed by atoms with Gasteiger partial charge in [-0.2, -0.15) is 0 Å². The van der Waals surface area contributed by atoms with Crippen molar-refractivity contribution in [2.24, 2.45) is 11.7 Å². The molecule has 0 aromatic rings. The standard InChI is InChI=1S/C10H18N2O3/c11-9(13)7-8-1-4-12(5-2-8)6-3-10(14)15/h8H,1-7H2,(H2,11,13)(H,14,15). The van der Waals surface area contributed by atoms with Gasteiger partial charge in [-0.15, -0.1) is 0 Å². The Kier molecular flexibility index (Phi) is 4.55. The van der Waals surface area contributed by atoms with E-state index in [0.717, 1.165) is 25.9 Å². The molecule has 0 atom stereocenters. The third-order valence-electron chi connectivity index (χ3n) is 2.84. The highest BCUT2D eigenvalue weighted by Gasteiger charge is 2.20. The molecule has 0 spiro atoms. The topological polar surface area (TPSA) is 83.6 Å². The Morgan fingerprint density at radius 1 is 1.33 bits per heavy atom. The van der Waals surface area contributed by atoms with Crippen LogP contribution in [0.4, 0.5) is 0 Å². The lowest BCUT2D eigenvalue weighted by molar-refractivity contribution is -0.137. The van der Waals surface area contributed by atoms with Gasteiger partial charge in [0, 0.05) is 13.0 Å². The first-order valence-electron chi connectivity index (χ1n) is 5.30. The monoisotopic (exact) mass is 214 g/mol. The molecule has 1 saturated heterocycles. The van der Waals surface area contributed by atoms with E-state index in [1.807, 2.05) is 0 Å². The number of hydrogen-bond acceptors (Lipinski definition) is 3. The van der Waals surface area contributed by atoms with Crippen LogP contribution in [0.1, 0.15) is 25.7 Å². The van der Waals surface area contributed by atoms with E-state index in [4.69, 9.17) is 10.8 Å². The minimum atomic E-state index is -0.755. The molecular formula is C10H18N2O3. The summed E-state index contributed by atoms with van der Waals surface area (Å²) < 4.78 is 0. The van der Waals surface area contributed by atoms with Gasteiger partial charge in [-0.05, 0) is 31.8 Å². The summed E-state index contributed by atoms with van der Waals surface area (Å²) in [5, 5.41) is 8.53. The molecule has 1 aliphatic rings. The zero-order valence-electron chi connectivity index (χ0n) is 8.82. The molecular weight excluding hydrogens is 196 g/mol. The Labute approximate surface area is 89.2 Å². The summed E-state index contributed by atoms with van der Waals surface area (Å²) in [6, 6.07) is 0. The average Bonchev–Trinajstić information content (AvgIpc) is 2.16. The molecule has 5 nitrogen and oxygen atoms in total. The van der Waals surface area contributed by atoms with Crippen LogP contribution in [-0.2, 0) is 9.59 Å². The molecule has 1 fully saturated rings. The summed E-state index contributed by atoms with van der Waals surface area (Å²) >= 11 is 0. The Morgan fingerprint density at radius 3 is 2.40 bits per heavy atom. The number of primary amides is 1. The van der Waals surface area contributed by atoms with Gasteiger partial charge in [-0.25, -0.2) is 0 Å². The molecule has 0 unspecified atom stereocenters. The number of likely N-dealkylation sites (tertiary alicyclic amines) is 1. The average molecular weight is 214 g/mol. The maximum absolute atomic E-state index is 10.7. The van der Waals surface area contributed by atoms with Crippen molar-refractivity contribution in [2.75, 3.05) is 19.6 Å². The number of carboxylic acid groups (broad SMARTS) is 1. The first-order chi connectivity index (χ1) is 7.08. The molecule has 1 amide bonds. The Bertz CT molecular complexity index is 235. The number of amides is 1. The highest BCUT2D eigenvalue weighted by Crippen LogP contribution is 2.19. The van der Waals surface area contributed by atoms with Crippen LogP contribution in [0.5, 0.6) is 0 Å². The lowest BCUT2D eigenvalue weighted by Gasteiger charge is -2.30. The SMILES string of the molecule is NC(=O)CC1CCN(CCC(=O)O)CC1. The number of nitrogens with two attached hydrogens (primary N) is 1. The van der Waals surface area contributed by atoms with Crippen molar-refractivity contribution >= 4 is 11.9 Å². The molecule has 3 N–H and O–H groups in total. The Balaban J connectivity index is 2.18. The van der Waals surface area contributed by atoms with Crippen LogP contribution in [0.15, 0.2) is 0 Å². The Morgan fingerprint density at radius 2 is 1.93 bits per heavy atom. The molecule has 0 bridgehead atoms. The van der Waals surface area contributed by atoms with E-state index in [1.54, 1.807) is 0 Å². The van der Waals surface area contributed by atoms with Crippen LogP contribution < -0.4 is 5.73 Å². The van der Waals surface area contributed by atoms with Crippen molar-refractivity contribution in [1.82, 2.24) is 4.90 Å². The first-order valence-corrected chi connectivity index (χ1v) is 5.30. The maximum atomic E-state index is 10.7. The fraction of sp³-hybridized carbons (Fsp3) is 0.800. The normalized spacial score (nSPS) is 18.9. The second kappa shape index (κ2) is 5.70. The van der Waals surface area contributed by atoms with Crippen molar-refractivity contribution < 1.29 is 14.7 Å². The smallest absolute Gasteiger partial charge is 0.304 e. The minimum absolute atomic E-state index is 0.195. The molecule has 0 aromatic carbocycles. The summed E-state index contributed by atoms with van der Waals surface area (Å²) in [4.78, 5) is 23.2. The molecule has 5 heteroatoms. The van der Waals surface area contributed by atoms with Gasteiger partial charge in [0.25, 0.3) is 0 Å². The highest BCUT2D eigenvalue weighted by atomic mass is 16.4. The van der Waals surface area contributed by atoms with Gasteiger partial charge in [-0.3, -0.25) is 9.59 Å². The molecule has 0 saturated carbocycles. The van der Waals surface area contributed by atoms with Gasteiger partial charge in [0.05, 0.1) is 6.42 Å². The zero-order valence-corrected chi connectivity index (χ0v) is 8.82. The van der Waals surface area contributed by atoms with Gasteiger partial charge in [-0.1, -0.05) is 0 Å². The van der Waals surface area contributed by atoms with E-state index in [1.165, 1.54) is 0 Å². The minimum Gasteiger partial charge on any atom is -0.481 e. The molecule has 0 radical (unpaired) electrons. The number of carboxylic acids is 1. The van der Waals surface area contributed by atoms with E-state index in [9.17, 15) is 9.59 Å².